The molecule has 1 aliphatic heterocycles. The summed E-state index contributed by atoms with van der Waals surface area (Å²) in [5.41, 5.74) is 1.64. The largest absolute Gasteiger partial charge is 0.444 e. The van der Waals surface area contributed by atoms with Gasteiger partial charge in [-0.05, 0) is 65.0 Å². The Morgan fingerprint density at radius 2 is 1.93 bits per heavy atom. The Labute approximate surface area is 184 Å². The number of pyridine rings is 1. The van der Waals surface area contributed by atoms with E-state index in [-0.39, 0.29) is 18.0 Å². The first-order chi connectivity index (χ1) is 14.0. The predicted molar refractivity (Wildman–Crippen MR) is 117 cm³/mol. The minimum atomic E-state index is -0.515. The van der Waals surface area contributed by atoms with Gasteiger partial charge in [-0.1, -0.05) is 11.6 Å². The molecule has 1 aromatic heterocycles. The van der Waals surface area contributed by atoms with Crippen LogP contribution in [0.15, 0.2) is 6.07 Å². The SMILES string of the molecule is COCCCc1nc(Cl)cc(C)c1C(=O)N(C)C1CCN(C(=O)OC(C)(C)C)CC1. The molecule has 8 heteroatoms. The molecule has 0 unspecified atom stereocenters. The van der Waals surface area contributed by atoms with Gasteiger partial charge in [-0.15, -0.1) is 0 Å². The number of nitrogens with zero attached hydrogens (tertiary/aromatic N) is 3. The van der Waals surface area contributed by atoms with Gasteiger partial charge >= 0.3 is 6.09 Å². The Kier molecular flexibility index (Phi) is 8.50. The number of carbonyl (C=O) groups is 2. The van der Waals surface area contributed by atoms with E-state index < -0.39 is 5.60 Å². The van der Waals surface area contributed by atoms with Gasteiger partial charge in [0, 0.05) is 39.9 Å². The zero-order chi connectivity index (χ0) is 22.5. The molecule has 0 N–H and O–H groups in total. The van der Waals surface area contributed by atoms with Gasteiger partial charge in [-0.3, -0.25) is 4.79 Å². The third-order valence-corrected chi connectivity index (χ3v) is 5.41. The molecule has 2 heterocycles. The second-order valence-electron chi connectivity index (χ2n) is 8.79. The van der Waals surface area contributed by atoms with E-state index in [0.717, 1.165) is 12.0 Å². The molecule has 2 rings (SSSR count). The molecular formula is C22H34ClN3O4. The highest BCUT2D eigenvalue weighted by molar-refractivity contribution is 6.29. The second kappa shape index (κ2) is 10.4. The Morgan fingerprint density at radius 3 is 2.50 bits per heavy atom. The van der Waals surface area contributed by atoms with E-state index in [0.29, 0.717) is 55.4 Å². The van der Waals surface area contributed by atoms with Crippen LogP contribution in [0.5, 0.6) is 0 Å². The van der Waals surface area contributed by atoms with Crippen molar-refractivity contribution in [3.8, 4) is 0 Å². The summed E-state index contributed by atoms with van der Waals surface area (Å²) in [5, 5.41) is 0.393. The summed E-state index contributed by atoms with van der Waals surface area (Å²) < 4.78 is 10.6. The molecule has 1 fully saturated rings. The molecular weight excluding hydrogens is 406 g/mol. The van der Waals surface area contributed by atoms with Gasteiger partial charge in [-0.25, -0.2) is 9.78 Å². The highest BCUT2D eigenvalue weighted by Crippen LogP contribution is 2.24. The molecule has 0 atom stereocenters. The number of halogens is 1. The van der Waals surface area contributed by atoms with E-state index in [2.05, 4.69) is 4.98 Å². The van der Waals surface area contributed by atoms with Crippen molar-refractivity contribution in [3.63, 3.8) is 0 Å². The van der Waals surface area contributed by atoms with E-state index in [4.69, 9.17) is 21.1 Å². The molecule has 1 aliphatic rings. The maximum atomic E-state index is 13.3. The minimum absolute atomic E-state index is 0.0538. The van der Waals surface area contributed by atoms with Crippen molar-refractivity contribution in [2.24, 2.45) is 0 Å². The summed E-state index contributed by atoms with van der Waals surface area (Å²) in [5.74, 6) is -0.0557. The quantitative estimate of drug-likeness (QED) is 0.493. The number of piperidine rings is 1. The number of carbonyl (C=O) groups excluding carboxylic acids is 2. The molecule has 2 amide bonds. The number of rotatable bonds is 6. The van der Waals surface area contributed by atoms with Crippen LogP contribution in [0.25, 0.3) is 0 Å². The van der Waals surface area contributed by atoms with Gasteiger partial charge in [0.1, 0.15) is 10.8 Å². The molecule has 0 saturated carbocycles. The molecule has 1 saturated heterocycles. The topological polar surface area (TPSA) is 72.0 Å². The number of hydrogen-bond donors (Lipinski definition) is 0. The summed E-state index contributed by atoms with van der Waals surface area (Å²) in [7, 11) is 3.48. The van der Waals surface area contributed by atoms with Gasteiger partial charge in [-0.2, -0.15) is 0 Å². The van der Waals surface area contributed by atoms with Gasteiger partial charge in [0.25, 0.3) is 5.91 Å². The number of aryl methyl sites for hydroxylation is 2. The Bertz CT molecular complexity index is 755. The summed E-state index contributed by atoms with van der Waals surface area (Å²) in [6, 6.07) is 1.78. The van der Waals surface area contributed by atoms with Crippen LogP contribution in [0, 0.1) is 6.92 Å². The predicted octanol–water partition coefficient (Wildman–Crippen LogP) is 4.09. The van der Waals surface area contributed by atoms with Crippen LogP contribution in [-0.4, -0.2) is 72.3 Å². The number of hydrogen-bond acceptors (Lipinski definition) is 5. The van der Waals surface area contributed by atoms with Crippen molar-refractivity contribution in [2.45, 2.75) is 65.0 Å². The Hall–Kier alpha value is -1.86. The average molecular weight is 440 g/mol. The van der Waals surface area contributed by atoms with E-state index >= 15 is 0 Å². The van der Waals surface area contributed by atoms with Gasteiger partial charge in [0.15, 0.2) is 0 Å². The summed E-state index contributed by atoms with van der Waals surface area (Å²) in [6.07, 6.45) is 2.51. The average Bonchev–Trinajstić information content (AvgIpc) is 2.65. The fraction of sp³-hybridized carbons (Fsp3) is 0.682. The highest BCUT2D eigenvalue weighted by atomic mass is 35.5. The summed E-state index contributed by atoms with van der Waals surface area (Å²) >= 11 is 6.14. The van der Waals surface area contributed by atoms with Crippen molar-refractivity contribution in [1.82, 2.24) is 14.8 Å². The highest BCUT2D eigenvalue weighted by Gasteiger charge is 2.31. The van der Waals surface area contributed by atoms with Crippen molar-refractivity contribution < 1.29 is 19.1 Å². The van der Waals surface area contributed by atoms with Crippen LogP contribution in [0.2, 0.25) is 5.15 Å². The normalized spacial score (nSPS) is 15.2. The lowest BCUT2D eigenvalue weighted by molar-refractivity contribution is 0.0160. The first-order valence-electron chi connectivity index (χ1n) is 10.4. The lowest BCUT2D eigenvalue weighted by Gasteiger charge is -2.37. The lowest BCUT2D eigenvalue weighted by atomic mass is 9.99. The third kappa shape index (κ3) is 6.57. The van der Waals surface area contributed by atoms with Crippen molar-refractivity contribution in [2.75, 3.05) is 33.9 Å². The zero-order valence-electron chi connectivity index (χ0n) is 19.0. The van der Waals surface area contributed by atoms with Crippen LogP contribution in [-0.2, 0) is 15.9 Å². The standard InChI is InChI=1S/C22H34ClN3O4/c1-15-14-18(23)24-17(8-7-13-29-6)19(15)20(27)25(5)16-9-11-26(12-10-16)21(28)30-22(2,3)4/h14,16H,7-13H2,1-6H3. The second-order valence-corrected chi connectivity index (χ2v) is 9.18. The minimum Gasteiger partial charge on any atom is -0.444 e. The molecule has 0 radical (unpaired) electrons. The van der Waals surface area contributed by atoms with Crippen LogP contribution < -0.4 is 0 Å². The Morgan fingerprint density at radius 1 is 1.30 bits per heavy atom. The maximum absolute atomic E-state index is 13.3. The fourth-order valence-corrected chi connectivity index (χ4v) is 3.92. The molecule has 0 bridgehead atoms. The zero-order valence-corrected chi connectivity index (χ0v) is 19.7. The van der Waals surface area contributed by atoms with E-state index in [1.165, 1.54) is 0 Å². The van der Waals surface area contributed by atoms with Gasteiger partial charge in [0.2, 0.25) is 0 Å². The fourth-order valence-electron chi connectivity index (χ4n) is 3.66. The number of ether oxygens (including phenoxy) is 2. The van der Waals surface area contributed by atoms with Crippen molar-refractivity contribution >= 4 is 23.6 Å². The lowest BCUT2D eigenvalue weighted by Crippen LogP contribution is -2.48. The van der Waals surface area contributed by atoms with Crippen LogP contribution in [0.1, 0.15) is 61.6 Å². The molecule has 0 aromatic carbocycles. The first-order valence-corrected chi connectivity index (χ1v) is 10.8. The number of aromatic nitrogens is 1. The molecule has 30 heavy (non-hydrogen) atoms. The van der Waals surface area contributed by atoms with E-state index in [9.17, 15) is 9.59 Å². The van der Waals surface area contributed by atoms with Crippen LogP contribution in [0.4, 0.5) is 4.79 Å². The van der Waals surface area contributed by atoms with Crippen LogP contribution in [0.3, 0.4) is 0 Å². The molecule has 168 valence electrons. The molecule has 1 aromatic rings. The first kappa shape index (κ1) is 24.4. The number of amides is 2. The Balaban J connectivity index is 2.07. The van der Waals surface area contributed by atoms with Crippen molar-refractivity contribution in [1.29, 1.82) is 0 Å². The van der Waals surface area contributed by atoms with Gasteiger partial charge in [0.05, 0.1) is 11.3 Å². The molecule has 0 spiro atoms. The monoisotopic (exact) mass is 439 g/mol. The third-order valence-electron chi connectivity index (χ3n) is 5.22. The van der Waals surface area contributed by atoms with Gasteiger partial charge < -0.3 is 19.3 Å². The summed E-state index contributed by atoms with van der Waals surface area (Å²) in [4.78, 5) is 33.5. The van der Waals surface area contributed by atoms with Crippen LogP contribution >= 0.6 is 11.6 Å². The van der Waals surface area contributed by atoms with Crippen molar-refractivity contribution in [3.05, 3.63) is 28.0 Å². The number of likely N-dealkylation sites (tertiary alicyclic amines) is 1. The molecule has 7 nitrogen and oxygen atoms in total. The summed E-state index contributed by atoms with van der Waals surface area (Å²) in [6.45, 7) is 9.19. The maximum Gasteiger partial charge on any atom is 0.410 e. The molecule has 0 aliphatic carbocycles. The number of methoxy groups -OCH3 is 1. The van der Waals surface area contributed by atoms with E-state index in [1.807, 2.05) is 34.7 Å². The smallest absolute Gasteiger partial charge is 0.410 e. The van der Waals surface area contributed by atoms with E-state index in [1.54, 1.807) is 23.0 Å².